The number of carboxylic acids is 1. The highest BCUT2D eigenvalue weighted by atomic mass is 32.1. The van der Waals surface area contributed by atoms with Gasteiger partial charge in [-0.3, -0.25) is 9.59 Å². The Morgan fingerprint density at radius 2 is 2.09 bits per heavy atom. The van der Waals surface area contributed by atoms with E-state index in [0.717, 1.165) is 6.42 Å². The highest BCUT2D eigenvalue weighted by Crippen LogP contribution is 2.24. The molecule has 1 aromatic heterocycles. The summed E-state index contributed by atoms with van der Waals surface area (Å²) in [4.78, 5) is 38.2. The SMILES string of the molecule is CC(C)C(NC(=O)CCC(=O)N1CCc2sccc2C1)C(=O)O. The van der Waals surface area contributed by atoms with Crippen LogP contribution in [-0.4, -0.2) is 40.4 Å². The van der Waals surface area contributed by atoms with Crippen LogP contribution >= 0.6 is 11.3 Å². The third kappa shape index (κ3) is 4.54. The van der Waals surface area contributed by atoms with Gasteiger partial charge in [0.25, 0.3) is 0 Å². The summed E-state index contributed by atoms with van der Waals surface area (Å²) in [5, 5.41) is 13.6. The summed E-state index contributed by atoms with van der Waals surface area (Å²) in [5.41, 5.74) is 1.19. The van der Waals surface area contributed by atoms with Crippen LogP contribution in [0.3, 0.4) is 0 Å². The molecule has 0 spiro atoms. The van der Waals surface area contributed by atoms with Crippen molar-refractivity contribution < 1.29 is 19.5 Å². The zero-order valence-corrected chi connectivity index (χ0v) is 14.2. The second-order valence-electron chi connectivity index (χ2n) is 6.06. The van der Waals surface area contributed by atoms with E-state index in [1.807, 2.05) is 11.4 Å². The molecule has 7 heteroatoms. The lowest BCUT2D eigenvalue weighted by molar-refractivity contribution is -0.143. The molecule has 0 radical (unpaired) electrons. The molecule has 0 fully saturated rings. The predicted octanol–water partition coefficient (Wildman–Crippen LogP) is 1.64. The molecule has 0 aromatic carbocycles. The molecule has 2 heterocycles. The fourth-order valence-corrected chi connectivity index (χ4v) is 3.49. The number of amides is 2. The first-order chi connectivity index (χ1) is 10.9. The molecule has 1 aliphatic rings. The van der Waals surface area contributed by atoms with Crippen molar-refractivity contribution in [2.75, 3.05) is 6.54 Å². The molecule has 0 aliphatic carbocycles. The monoisotopic (exact) mass is 338 g/mol. The fraction of sp³-hybridized carbons (Fsp3) is 0.562. The average molecular weight is 338 g/mol. The van der Waals surface area contributed by atoms with Gasteiger partial charge in [0, 0.05) is 30.8 Å². The summed E-state index contributed by atoms with van der Waals surface area (Å²) >= 11 is 1.71. The highest BCUT2D eigenvalue weighted by Gasteiger charge is 2.25. The van der Waals surface area contributed by atoms with E-state index in [9.17, 15) is 14.4 Å². The van der Waals surface area contributed by atoms with Crippen LogP contribution in [0.2, 0.25) is 0 Å². The lowest BCUT2D eigenvalue weighted by Gasteiger charge is -2.27. The third-order valence-corrected chi connectivity index (χ3v) is 5.00. The van der Waals surface area contributed by atoms with Gasteiger partial charge in [-0.05, 0) is 29.3 Å². The van der Waals surface area contributed by atoms with Gasteiger partial charge in [0.1, 0.15) is 6.04 Å². The number of thiophene rings is 1. The maximum absolute atomic E-state index is 12.2. The van der Waals surface area contributed by atoms with E-state index in [2.05, 4.69) is 5.32 Å². The molecule has 1 aromatic rings. The summed E-state index contributed by atoms with van der Waals surface area (Å²) in [5.74, 6) is -1.71. The van der Waals surface area contributed by atoms with Crippen LogP contribution in [0.5, 0.6) is 0 Å². The predicted molar refractivity (Wildman–Crippen MR) is 87.1 cm³/mol. The molecular weight excluding hydrogens is 316 g/mol. The largest absolute Gasteiger partial charge is 0.480 e. The summed E-state index contributed by atoms with van der Waals surface area (Å²) in [6, 6.07) is 1.12. The molecule has 23 heavy (non-hydrogen) atoms. The molecule has 0 saturated carbocycles. The number of aliphatic carboxylic acids is 1. The highest BCUT2D eigenvalue weighted by molar-refractivity contribution is 7.10. The minimum atomic E-state index is -1.05. The maximum atomic E-state index is 12.2. The summed E-state index contributed by atoms with van der Waals surface area (Å²) in [7, 11) is 0. The number of rotatable bonds is 6. The average Bonchev–Trinajstić information content (AvgIpc) is 2.96. The minimum absolute atomic E-state index is 0.0162. The first-order valence-corrected chi connectivity index (χ1v) is 8.61. The van der Waals surface area contributed by atoms with Crippen LogP contribution in [0, 0.1) is 5.92 Å². The molecule has 126 valence electrons. The van der Waals surface area contributed by atoms with Crippen molar-refractivity contribution in [1.29, 1.82) is 0 Å². The Labute approximate surface area is 139 Å². The number of nitrogens with zero attached hydrogens (tertiary/aromatic N) is 1. The van der Waals surface area contributed by atoms with Crippen LogP contribution in [0.1, 0.15) is 37.1 Å². The van der Waals surface area contributed by atoms with Crippen LogP contribution in [0.4, 0.5) is 0 Å². The molecule has 1 aliphatic heterocycles. The van der Waals surface area contributed by atoms with Gasteiger partial charge < -0.3 is 15.3 Å². The van der Waals surface area contributed by atoms with E-state index < -0.39 is 17.9 Å². The lowest BCUT2D eigenvalue weighted by Crippen LogP contribution is -2.44. The maximum Gasteiger partial charge on any atom is 0.326 e. The van der Waals surface area contributed by atoms with Crippen molar-refractivity contribution in [1.82, 2.24) is 10.2 Å². The topological polar surface area (TPSA) is 86.7 Å². The van der Waals surface area contributed by atoms with E-state index in [0.29, 0.717) is 13.1 Å². The molecule has 2 N–H and O–H groups in total. The quantitative estimate of drug-likeness (QED) is 0.825. The van der Waals surface area contributed by atoms with E-state index >= 15 is 0 Å². The summed E-state index contributed by atoms with van der Waals surface area (Å²) in [6.07, 6.45) is 0.984. The fourth-order valence-electron chi connectivity index (χ4n) is 2.60. The number of nitrogens with one attached hydrogen (secondary N) is 1. The van der Waals surface area contributed by atoms with Crippen LogP contribution in [0.25, 0.3) is 0 Å². The van der Waals surface area contributed by atoms with Crippen molar-refractivity contribution in [2.45, 2.75) is 45.7 Å². The molecular formula is C16H22N2O4S. The van der Waals surface area contributed by atoms with Crippen LogP contribution in [0.15, 0.2) is 11.4 Å². The number of hydrogen-bond donors (Lipinski definition) is 2. The van der Waals surface area contributed by atoms with E-state index in [1.165, 1.54) is 10.4 Å². The van der Waals surface area contributed by atoms with Crippen LogP contribution in [-0.2, 0) is 27.3 Å². The van der Waals surface area contributed by atoms with E-state index in [-0.39, 0.29) is 24.7 Å². The van der Waals surface area contributed by atoms with Gasteiger partial charge in [-0.15, -0.1) is 11.3 Å². The zero-order chi connectivity index (χ0) is 17.0. The first-order valence-electron chi connectivity index (χ1n) is 7.73. The van der Waals surface area contributed by atoms with Crippen molar-refractivity contribution in [3.63, 3.8) is 0 Å². The minimum Gasteiger partial charge on any atom is -0.480 e. The van der Waals surface area contributed by atoms with Gasteiger partial charge in [-0.25, -0.2) is 4.79 Å². The number of carbonyl (C=O) groups is 3. The molecule has 1 unspecified atom stereocenters. The summed E-state index contributed by atoms with van der Waals surface area (Å²) in [6.45, 7) is 4.74. The number of carbonyl (C=O) groups excluding carboxylic acids is 2. The van der Waals surface area contributed by atoms with Gasteiger partial charge in [0.05, 0.1) is 0 Å². The van der Waals surface area contributed by atoms with Gasteiger partial charge in [0.15, 0.2) is 0 Å². The molecule has 6 nitrogen and oxygen atoms in total. The number of fused-ring (bicyclic) bond motifs is 1. The van der Waals surface area contributed by atoms with Crippen molar-refractivity contribution in [3.05, 3.63) is 21.9 Å². The first kappa shape index (κ1) is 17.5. The third-order valence-electron chi connectivity index (χ3n) is 3.98. The Bertz CT molecular complexity index is 597. The number of carboxylic acid groups (broad SMARTS) is 1. The summed E-state index contributed by atoms with van der Waals surface area (Å²) < 4.78 is 0. The lowest BCUT2D eigenvalue weighted by atomic mass is 10.0. The van der Waals surface area contributed by atoms with E-state index in [4.69, 9.17) is 5.11 Å². The van der Waals surface area contributed by atoms with Crippen molar-refractivity contribution in [3.8, 4) is 0 Å². The van der Waals surface area contributed by atoms with Gasteiger partial charge in [-0.1, -0.05) is 13.8 Å². The second kappa shape index (κ2) is 7.59. The second-order valence-corrected chi connectivity index (χ2v) is 7.06. The molecule has 1 atom stereocenters. The Kier molecular flexibility index (Phi) is 5.76. The normalized spacial score (nSPS) is 15.2. The molecule has 2 amide bonds. The van der Waals surface area contributed by atoms with Gasteiger partial charge in [-0.2, -0.15) is 0 Å². The van der Waals surface area contributed by atoms with Crippen molar-refractivity contribution in [2.24, 2.45) is 5.92 Å². The Morgan fingerprint density at radius 3 is 2.74 bits per heavy atom. The Morgan fingerprint density at radius 1 is 1.35 bits per heavy atom. The zero-order valence-electron chi connectivity index (χ0n) is 13.4. The molecule has 0 saturated heterocycles. The molecule has 2 rings (SSSR count). The number of hydrogen-bond acceptors (Lipinski definition) is 4. The van der Waals surface area contributed by atoms with Gasteiger partial charge >= 0.3 is 5.97 Å². The van der Waals surface area contributed by atoms with E-state index in [1.54, 1.807) is 30.1 Å². The van der Waals surface area contributed by atoms with Crippen LogP contribution < -0.4 is 5.32 Å². The van der Waals surface area contributed by atoms with Gasteiger partial charge in [0.2, 0.25) is 11.8 Å². The standard InChI is InChI=1S/C16H22N2O4S/c1-10(2)15(16(21)22)17-13(19)3-4-14(20)18-7-5-12-11(9-18)6-8-23-12/h6,8,10,15H,3-5,7,9H2,1-2H3,(H,17,19)(H,21,22). The Hall–Kier alpha value is -1.89. The Balaban J connectivity index is 1.80. The van der Waals surface area contributed by atoms with Crippen molar-refractivity contribution >= 4 is 29.1 Å². The molecule has 0 bridgehead atoms. The smallest absolute Gasteiger partial charge is 0.326 e.